The molecule has 0 aromatic heterocycles. The number of hydrogen-bond acceptors (Lipinski definition) is 4. The number of hydrogen-bond donors (Lipinski definition) is 0. The Labute approximate surface area is 97.2 Å². The van der Waals surface area contributed by atoms with Crippen LogP contribution >= 0.6 is 11.9 Å². The van der Waals surface area contributed by atoms with E-state index < -0.39 is 0 Å². The lowest BCUT2D eigenvalue weighted by Gasteiger charge is -2.32. The molecule has 2 heterocycles. The third-order valence-electron chi connectivity index (χ3n) is 3.66. The highest BCUT2D eigenvalue weighted by atomic mass is 32.2. The molecule has 1 unspecified atom stereocenters. The lowest BCUT2D eigenvalue weighted by atomic mass is 9.73. The molecule has 0 bridgehead atoms. The fourth-order valence-corrected chi connectivity index (χ4v) is 2.91. The summed E-state index contributed by atoms with van der Waals surface area (Å²) in [7, 11) is 2.09. The summed E-state index contributed by atoms with van der Waals surface area (Å²) in [5, 5.41) is 0. The van der Waals surface area contributed by atoms with Crippen LogP contribution in [0.1, 0.15) is 27.7 Å². The van der Waals surface area contributed by atoms with Gasteiger partial charge in [-0.3, -0.25) is 4.31 Å². The van der Waals surface area contributed by atoms with E-state index in [-0.39, 0.29) is 18.3 Å². The first-order chi connectivity index (χ1) is 6.82. The van der Waals surface area contributed by atoms with Crippen molar-refractivity contribution in [3.63, 3.8) is 0 Å². The second kappa shape index (κ2) is 3.65. The Balaban J connectivity index is 2.03. The van der Waals surface area contributed by atoms with E-state index in [1.807, 2.05) is 11.9 Å². The zero-order valence-corrected chi connectivity index (χ0v) is 11.1. The highest BCUT2D eigenvalue weighted by molar-refractivity contribution is 7.97. The van der Waals surface area contributed by atoms with Gasteiger partial charge in [-0.25, -0.2) is 0 Å². The van der Waals surface area contributed by atoms with Crippen molar-refractivity contribution >= 4 is 19.1 Å². The van der Waals surface area contributed by atoms with Gasteiger partial charge >= 0.3 is 7.12 Å². The van der Waals surface area contributed by atoms with Gasteiger partial charge in [0.1, 0.15) is 0 Å². The van der Waals surface area contributed by atoms with Crippen molar-refractivity contribution in [2.75, 3.05) is 19.3 Å². The second-order valence-corrected chi connectivity index (χ2v) is 6.71. The van der Waals surface area contributed by atoms with Crippen LogP contribution in [-0.2, 0) is 9.31 Å². The zero-order valence-electron chi connectivity index (χ0n) is 10.2. The molecule has 2 aliphatic heterocycles. The summed E-state index contributed by atoms with van der Waals surface area (Å²) in [6, 6.07) is 0. The Morgan fingerprint density at radius 2 is 1.73 bits per heavy atom. The molecule has 3 nitrogen and oxygen atoms in total. The third-order valence-corrected chi connectivity index (χ3v) is 4.82. The van der Waals surface area contributed by atoms with Crippen molar-refractivity contribution in [3.8, 4) is 0 Å². The van der Waals surface area contributed by atoms with E-state index >= 15 is 0 Å². The molecule has 0 aromatic carbocycles. The molecule has 0 radical (unpaired) electrons. The first-order valence-electron chi connectivity index (χ1n) is 5.51. The van der Waals surface area contributed by atoms with Gasteiger partial charge in [0.15, 0.2) is 0 Å². The summed E-state index contributed by atoms with van der Waals surface area (Å²) in [6.45, 7) is 9.50. The largest absolute Gasteiger partial charge is 0.463 e. The van der Waals surface area contributed by atoms with Crippen molar-refractivity contribution in [3.05, 3.63) is 0 Å². The van der Waals surface area contributed by atoms with Crippen molar-refractivity contribution in [2.45, 2.75) is 44.7 Å². The van der Waals surface area contributed by atoms with Gasteiger partial charge in [0.25, 0.3) is 0 Å². The van der Waals surface area contributed by atoms with Gasteiger partial charge in [-0.15, -0.1) is 0 Å². The van der Waals surface area contributed by atoms with Crippen molar-refractivity contribution in [1.82, 2.24) is 4.31 Å². The van der Waals surface area contributed by atoms with E-state index in [4.69, 9.17) is 9.31 Å². The maximum atomic E-state index is 6.03. The highest BCUT2D eigenvalue weighted by Crippen LogP contribution is 2.42. The molecule has 0 amide bonds. The number of nitrogens with zero attached hydrogens (tertiary/aromatic N) is 1. The molecular weight excluding hydrogens is 209 g/mol. The van der Waals surface area contributed by atoms with Crippen LogP contribution in [-0.4, -0.2) is 42.0 Å². The van der Waals surface area contributed by atoms with E-state index in [0.717, 1.165) is 12.3 Å². The van der Waals surface area contributed by atoms with E-state index in [1.54, 1.807) is 0 Å². The fourth-order valence-electron chi connectivity index (χ4n) is 1.90. The SMILES string of the molecule is CN1CC(B2OC(C)(C)C(C)(C)O2)CS1. The Hall–Kier alpha value is 0.295. The molecule has 0 N–H and O–H groups in total. The van der Waals surface area contributed by atoms with Gasteiger partial charge < -0.3 is 9.31 Å². The predicted molar refractivity (Wildman–Crippen MR) is 64.9 cm³/mol. The molecule has 2 fully saturated rings. The van der Waals surface area contributed by atoms with Gasteiger partial charge in [0.2, 0.25) is 0 Å². The van der Waals surface area contributed by atoms with Crippen LogP contribution < -0.4 is 0 Å². The second-order valence-electron chi connectivity index (χ2n) is 5.49. The van der Waals surface area contributed by atoms with E-state index in [2.05, 4.69) is 39.0 Å². The van der Waals surface area contributed by atoms with Crippen LogP contribution in [0.2, 0.25) is 5.82 Å². The van der Waals surface area contributed by atoms with Crippen LogP contribution in [0.5, 0.6) is 0 Å². The molecule has 2 aliphatic rings. The summed E-state index contributed by atoms with van der Waals surface area (Å²) < 4.78 is 14.3. The van der Waals surface area contributed by atoms with Crippen LogP contribution in [0.3, 0.4) is 0 Å². The highest BCUT2D eigenvalue weighted by Gasteiger charge is 2.54. The lowest BCUT2D eigenvalue weighted by Crippen LogP contribution is -2.41. The first kappa shape index (κ1) is 11.8. The van der Waals surface area contributed by atoms with Crippen LogP contribution in [0.25, 0.3) is 0 Å². The molecule has 0 spiro atoms. The molecule has 1 atom stereocenters. The average Bonchev–Trinajstić information content (AvgIpc) is 2.56. The predicted octanol–water partition coefficient (Wildman–Crippen LogP) is 2.04. The average molecular weight is 229 g/mol. The Morgan fingerprint density at radius 1 is 1.20 bits per heavy atom. The topological polar surface area (TPSA) is 21.7 Å². The molecule has 2 rings (SSSR count). The number of rotatable bonds is 1. The van der Waals surface area contributed by atoms with E-state index in [9.17, 15) is 0 Å². The molecule has 86 valence electrons. The smallest absolute Gasteiger partial charge is 0.403 e. The quantitative estimate of drug-likeness (QED) is 0.506. The summed E-state index contributed by atoms with van der Waals surface area (Å²) in [5.74, 6) is 1.61. The van der Waals surface area contributed by atoms with Gasteiger partial charge in [0, 0.05) is 18.1 Å². The van der Waals surface area contributed by atoms with Gasteiger partial charge in [-0.05, 0) is 34.7 Å². The molecular formula is C10H20BNO2S. The normalized spacial score (nSPS) is 35.0. The monoisotopic (exact) mass is 229 g/mol. The standard InChI is InChI=1S/C10H20BNO2S/c1-9(2)10(3,4)14-11(13-9)8-6-12(5)15-7-8/h8H,6-7H2,1-5H3. The Kier molecular flexibility index (Phi) is 2.87. The van der Waals surface area contributed by atoms with Crippen LogP contribution in [0, 0.1) is 0 Å². The van der Waals surface area contributed by atoms with Gasteiger partial charge in [0.05, 0.1) is 11.2 Å². The lowest BCUT2D eigenvalue weighted by molar-refractivity contribution is 0.00578. The van der Waals surface area contributed by atoms with Gasteiger partial charge in [-0.2, -0.15) is 0 Å². The van der Waals surface area contributed by atoms with Crippen LogP contribution in [0.4, 0.5) is 0 Å². The molecule has 0 aliphatic carbocycles. The molecule has 5 heteroatoms. The van der Waals surface area contributed by atoms with Gasteiger partial charge in [-0.1, -0.05) is 11.9 Å². The Bertz CT molecular complexity index is 244. The maximum Gasteiger partial charge on any atom is 0.463 e. The van der Waals surface area contributed by atoms with Crippen molar-refractivity contribution in [2.24, 2.45) is 0 Å². The third kappa shape index (κ3) is 2.07. The fraction of sp³-hybridized carbons (Fsp3) is 1.00. The van der Waals surface area contributed by atoms with E-state index in [1.165, 1.54) is 0 Å². The van der Waals surface area contributed by atoms with E-state index in [0.29, 0.717) is 5.82 Å². The minimum atomic E-state index is -0.191. The van der Waals surface area contributed by atoms with Crippen molar-refractivity contribution in [1.29, 1.82) is 0 Å². The molecule has 0 aromatic rings. The van der Waals surface area contributed by atoms with Crippen LogP contribution in [0.15, 0.2) is 0 Å². The molecule has 15 heavy (non-hydrogen) atoms. The molecule has 0 saturated carbocycles. The van der Waals surface area contributed by atoms with Crippen molar-refractivity contribution < 1.29 is 9.31 Å². The minimum absolute atomic E-state index is 0.0348. The summed E-state index contributed by atoms with van der Waals surface area (Å²) in [4.78, 5) is 0. The first-order valence-corrected chi connectivity index (χ1v) is 6.46. The minimum Gasteiger partial charge on any atom is -0.403 e. The Morgan fingerprint density at radius 3 is 2.13 bits per heavy atom. The maximum absolute atomic E-state index is 6.03. The summed E-state index contributed by atoms with van der Waals surface area (Å²) in [5.41, 5.74) is -0.382. The zero-order chi connectivity index (χ0) is 11.3. The molecule has 2 saturated heterocycles. The summed E-state index contributed by atoms with van der Waals surface area (Å²) in [6.07, 6.45) is 0. The summed E-state index contributed by atoms with van der Waals surface area (Å²) >= 11 is 1.87.